The molecule has 2 atom stereocenters. The van der Waals surface area contributed by atoms with Gasteiger partial charge in [-0.15, -0.1) is 0 Å². The predicted molar refractivity (Wildman–Crippen MR) is 64.9 cm³/mol. The van der Waals surface area contributed by atoms with Crippen LogP contribution >= 0.6 is 0 Å². The van der Waals surface area contributed by atoms with Gasteiger partial charge in [-0.25, -0.2) is 0 Å². The van der Waals surface area contributed by atoms with E-state index >= 15 is 0 Å². The summed E-state index contributed by atoms with van der Waals surface area (Å²) >= 11 is 0. The third kappa shape index (κ3) is 4.48. The van der Waals surface area contributed by atoms with Gasteiger partial charge in [0.25, 0.3) is 0 Å². The smallest absolute Gasteiger partial charge is 0.0548 e. The first-order valence-electron chi connectivity index (χ1n) is 5.82. The van der Waals surface area contributed by atoms with Crippen molar-refractivity contribution >= 4 is 0 Å². The Hall–Kier alpha value is -0.820. The molecule has 0 aromatic heterocycles. The normalized spacial score (nSPS) is 15.3. The van der Waals surface area contributed by atoms with Gasteiger partial charge in [0.1, 0.15) is 0 Å². The minimum Gasteiger partial charge on any atom is -0.393 e. The van der Waals surface area contributed by atoms with Crippen molar-refractivity contribution in [2.24, 2.45) is 5.92 Å². The van der Waals surface area contributed by atoms with Crippen LogP contribution in [0.5, 0.6) is 0 Å². The Labute approximate surface area is 93.1 Å². The van der Waals surface area contributed by atoms with Gasteiger partial charge in [-0.3, -0.25) is 0 Å². The van der Waals surface area contributed by atoms with Crippen LogP contribution in [0.1, 0.15) is 45.1 Å². The van der Waals surface area contributed by atoms with Crippen LogP contribution in [-0.2, 0) is 0 Å². The molecule has 0 amide bonds. The van der Waals surface area contributed by atoms with Gasteiger partial charge < -0.3 is 5.11 Å². The number of benzene rings is 1. The van der Waals surface area contributed by atoms with Crippen LogP contribution in [0.3, 0.4) is 0 Å². The van der Waals surface area contributed by atoms with E-state index in [4.69, 9.17) is 0 Å². The zero-order valence-electron chi connectivity index (χ0n) is 9.98. The zero-order valence-corrected chi connectivity index (χ0v) is 9.98. The minimum absolute atomic E-state index is 0.166. The molecule has 0 aliphatic carbocycles. The lowest BCUT2D eigenvalue weighted by molar-refractivity contribution is 0.132. The molecule has 0 saturated carbocycles. The molecule has 1 aromatic carbocycles. The molecule has 1 heteroatoms. The second-order valence-electron chi connectivity index (χ2n) is 4.83. The van der Waals surface area contributed by atoms with Crippen molar-refractivity contribution in [3.63, 3.8) is 0 Å². The van der Waals surface area contributed by atoms with Crippen LogP contribution in [0.2, 0.25) is 0 Å². The van der Waals surface area contributed by atoms with Crippen molar-refractivity contribution in [2.45, 2.75) is 45.6 Å². The monoisotopic (exact) mass is 206 g/mol. The highest BCUT2D eigenvalue weighted by Crippen LogP contribution is 2.22. The molecule has 0 bridgehead atoms. The number of hydrogen-bond donors (Lipinski definition) is 1. The highest BCUT2D eigenvalue weighted by molar-refractivity contribution is 5.18. The van der Waals surface area contributed by atoms with E-state index in [1.807, 2.05) is 6.07 Å². The number of rotatable bonds is 5. The second kappa shape index (κ2) is 5.92. The molecule has 2 unspecified atom stereocenters. The lowest BCUT2D eigenvalue weighted by atomic mass is 9.92. The fourth-order valence-electron chi connectivity index (χ4n) is 1.97. The van der Waals surface area contributed by atoms with E-state index in [1.54, 1.807) is 0 Å². The van der Waals surface area contributed by atoms with E-state index in [-0.39, 0.29) is 6.10 Å². The van der Waals surface area contributed by atoms with E-state index in [0.717, 1.165) is 12.8 Å². The number of hydrogen-bond acceptors (Lipinski definition) is 1. The molecule has 15 heavy (non-hydrogen) atoms. The van der Waals surface area contributed by atoms with Crippen LogP contribution in [0.4, 0.5) is 0 Å². The molecular formula is C14H22O. The van der Waals surface area contributed by atoms with Gasteiger partial charge in [-0.05, 0) is 30.2 Å². The van der Waals surface area contributed by atoms with Gasteiger partial charge in [-0.1, -0.05) is 51.1 Å². The summed E-state index contributed by atoms with van der Waals surface area (Å²) in [5, 5.41) is 9.85. The molecule has 1 rings (SSSR count). The Morgan fingerprint density at radius 1 is 1.00 bits per heavy atom. The Morgan fingerprint density at radius 3 is 2.13 bits per heavy atom. The average molecular weight is 206 g/mol. The first-order chi connectivity index (χ1) is 7.09. The molecule has 0 radical (unpaired) electrons. The topological polar surface area (TPSA) is 20.2 Å². The molecule has 0 fully saturated rings. The molecule has 0 spiro atoms. The Kier molecular flexibility index (Phi) is 4.83. The summed E-state index contributed by atoms with van der Waals surface area (Å²) in [6, 6.07) is 10.4. The number of aliphatic hydroxyl groups is 1. The first kappa shape index (κ1) is 12.3. The predicted octanol–water partition coefficient (Wildman–Crippen LogP) is 3.59. The molecule has 0 aliphatic rings. The van der Waals surface area contributed by atoms with E-state index in [2.05, 4.69) is 45.0 Å². The van der Waals surface area contributed by atoms with Crippen LogP contribution < -0.4 is 0 Å². The summed E-state index contributed by atoms with van der Waals surface area (Å²) in [5.74, 6) is 1.02. The maximum atomic E-state index is 9.85. The summed E-state index contributed by atoms with van der Waals surface area (Å²) in [4.78, 5) is 0. The standard InChI is InChI=1S/C14H22O/c1-11(2)9-14(15)10-12(3)13-7-5-4-6-8-13/h4-8,11-12,14-15H,9-10H2,1-3H3. The lowest BCUT2D eigenvalue weighted by Gasteiger charge is -2.18. The van der Waals surface area contributed by atoms with Crippen molar-refractivity contribution in [2.75, 3.05) is 0 Å². The van der Waals surface area contributed by atoms with Gasteiger partial charge in [0.15, 0.2) is 0 Å². The van der Waals surface area contributed by atoms with Gasteiger partial charge >= 0.3 is 0 Å². The average Bonchev–Trinajstić information content (AvgIpc) is 2.17. The van der Waals surface area contributed by atoms with Crippen molar-refractivity contribution in [3.8, 4) is 0 Å². The summed E-state index contributed by atoms with van der Waals surface area (Å²) in [6.45, 7) is 6.48. The highest BCUT2D eigenvalue weighted by Gasteiger charge is 2.12. The van der Waals surface area contributed by atoms with Gasteiger partial charge in [0, 0.05) is 0 Å². The Bertz CT molecular complexity index is 266. The fourth-order valence-corrected chi connectivity index (χ4v) is 1.97. The quantitative estimate of drug-likeness (QED) is 0.780. The molecule has 0 heterocycles. The SMILES string of the molecule is CC(C)CC(O)CC(C)c1ccccc1. The molecule has 0 aliphatic heterocycles. The van der Waals surface area contributed by atoms with E-state index < -0.39 is 0 Å². The summed E-state index contributed by atoms with van der Waals surface area (Å²) in [5.41, 5.74) is 1.32. The zero-order chi connectivity index (χ0) is 11.3. The highest BCUT2D eigenvalue weighted by atomic mass is 16.3. The maximum Gasteiger partial charge on any atom is 0.0548 e. The molecule has 1 nitrogen and oxygen atoms in total. The maximum absolute atomic E-state index is 9.85. The number of aliphatic hydroxyl groups excluding tert-OH is 1. The summed E-state index contributed by atoms with van der Waals surface area (Å²) in [7, 11) is 0. The van der Waals surface area contributed by atoms with Crippen LogP contribution in [-0.4, -0.2) is 11.2 Å². The molecular weight excluding hydrogens is 184 g/mol. The Morgan fingerprint density at radius 2 is 1.60 bits per heavy atom. The first-order valence-corrected chi connectivity index (χ1v) is 5.82. The van der Waals surface area contributed by atoms with Crippen LogP contribution in [0.15, 0.2) is 30.3 Å². The third-order valence-corrected chi connectivity index (χ3v) is 2.74. The molecule has 0 saturated heterocycles. The second-order valence-corrected chi connectivity index (χ2v) is 4.83. The Balaban J connectivity index is 2.45. The van der Waals surface area contributed by atoms with E-state index in [9.17, 15) is 5.11 Å². The third-order valence-electron chi connectivity index (χ3n) is 2.74. The van der Waals surface area contributed by atoms with Crippen molar-refractivity contribution in [1.82, 2.24) is 0 Å². The largest absolute Gasteiger partial charge is 0.393 e. The molecule has 1 aromatic rings. The lowest BCUT2D eigenvalue weighted by Crippen LogP contribution is -2.13. The van der Waals surface area contributed by atoms with E-state index in [1.165, 1.54) is 5.56 Å². The molecule has 1 N–H and O–H groups in total. The van der Waals surface area contributed by atoms with Gasteiger partial charge in [0.05, 0.1) is 6.10 Å². The minimum atomic E-state index is -0.166. The van der Waals surface area contributed by atoms with Crippen LogP contribution in [0, 0.1) is 5.92 Å². The molecule has 84 valence electrons. The summed E-state index contributed by atoms with van der Waals surface area (Å²) < 4.78 is 0. The van der Waals surface area contributed by atoms with Gasteiger partial charge in [0.2, 0.25) is 0 Å². The van der Waals surface area contributed by atoms with E-state index in [0.29, 0.717) is 11.8 Å². The van der Waals surface area contributed by atoms with Crippen molar-refractivity contribution < 1.29 is 5.11 Å². The van der Waals surface area contributed by atoms with Gasteiger partial charge in [-0.2, -0.15) is 0 Å². The fraction of sp³-hybridized carbons (Fsp3) is 0.571. The van der Waals surface area contributed by atoms with Crippen molar-refractivity contribution in [1.29, 1.82) is 0 Å². The van der Waals surface area contributed by atoms with Crippen molar-refractivity contribution in [3.05, 3.63) is 35.9 Å². The summed E-state index contributed by atoms with van der Waals surface area (Å²) in [6.07, 6.45) is 1.60. The van der Waals surface area contributed by atoms with Crippen LogP contribution in [0.25, 0.3) is 0 Å².